The van der Waals surface area contributed by atoms with E-state index in [1.807, 2.05) is 0 Å². The number of nitrogens with zero attached hydrogens (tertiary/aromatic N) is 1. The van der Waals surface area contributed by atoms with E-state index in [0.717, 1.165) is 24.3 Å². The minimum Gasteiger partial charge on any atom is -0.493 e. The first-order valence-electron chi connectivity index (χ1n) is 15.1. The van der Waals surface area contributed by atoms with Gasteiger partial charge in [0.2, 0.25) is 5.60 Å². The highest BCUT2D eigenvalue weighted by Crippen LogP contribution is 2.40. The molecular formula is C35H33ClF4N4O7. The second-order valence-electron chi connectivity index (χ2n) is 11.7. The fourth-order valence-corrected chi connectivity index (χ4v) is 4.90. The Balaban J connectivity index is 1.70. The maximum absolute atomic E-state index is 14.8. The van der Waals surface area contributed by atoms with Crippen LogP contribution in [0, 0.1) is 5.82 Å². The third-order valence-corrected chi connectivity index (χ3v) is 7.87. The Morgan fingerprint density at radius 2 is 1.67 bits per heavy atom. The van der Waals surface area contributed by atoms with E-state index in [0.29, 0.717) is 5.56 Å². The number of halogens is 5. The van der Waals surface area contributed by atoms with E-state index in [-0.39, 0.29) is 45.5 Å². The van der Waals surface area contributed by atoms with Crippen LogP contribution in [-0.4, -0.2) is 54.4 Å². The molecule has 0 bridgehead atoms. The first-order chi connectivity index (χ1) is 23.9. The van der Waals surface area contributed by atoms with Gasteiger partial charge in [-0.05, 0) is 73.5 Å². The van der Waals surface area contributed by atoms with Crippen molar-refractivity contribution in [2.75, 3.05) is 20.3 Å². The van der Waals surface area contributed by atoms with Gasteiger partial charge in [-0.2, -0.15) is 13.2 Å². The van der Waals surface area contributed by atoms with Crippen molar-refractivity contribution in [2.45, 2.75) is 37.8 Å². The molecule has 1 aromatic heterocycles. The molecule has 0 aliphatic heterocycles. The van der Waals surface area contributed by atoms with Crippen LogP contribution in [0.2, 0.25) is 5.02 Å². The summed E-state index contributed by atoms with van der Waals surface area (Å²) >= 11 is 5.96. The zero-order chi connectivity index (χ0) is 37.6. The highest BCUT2D eigenvalue weighted by Gasteiger charge is 2.56. The van der Waals surface area contributed by atoms with Gasteiger partial charge in [-0.3, -0.25) is 9.59 Å². The van der Waals surface area contributed by atoms with E-state index >= 15 is 0 Å². The molecule has 4 aromatic rings. The number of ether oxygens (including phenoxy) is 3. The molecule has 1 unspecified atom stereocenters. The molecule has 16 heteroatoms. The van der Waals surface area contributed by atoms with E-state index in [1.165, 1.54) is 45.2 Å². The number of aromatic nitrogens is 1. The lowest BCUT2D eigenvalue weighted by Crippen LogP contribution is -2.52. The molecule has 3 amide bonds. The number of primary amides is 1. The van der Waals surface area contributed by atoms with Crippen LogP contribution in [-0.2, 0) is 27.3 Å². The van der Waals surface area contributed by atoms with E-state index < -0.39 is 59.9 Å². The first-order valence-corrected chi connectivity index (χ1v) is 15.4. The third-order valence-electron chi connectivity index (χ3n) is 7.58. The van der Waals surface area contributed by atoms with Crippen molar-refractivity contribution in [3.8, 4) is 22.8 Å². The standard InChI is InChI=1S/C35H33ClF4N4O7/c1-33(2,44-32(47)51-17-20-7-5-4-6-8-20)23-15-26(21-9-11-25(37)24(36)13-21)43-29(16-23)34(48,35(38,39)40)19-42-31(46)22-10-12-27(28(14-22)49-3)50-18-30(41)45/h4-16,48H,17-19H2,1-3H3,(H2,41,45)(H,42,46)(H,44,47). The van der Waals surface area contributed by atoms with Gasteiger partial charge in [0.05, 0.1) is 35.6 Å². The predicted octanol–water partition coefficient (Wildman–Crippen LogP) is 5.76. The fraction of sp³-hybridized carbons (Fsp3) is 0.257. The van der Waals surface area contributed by atoms with Crippen molar-refractivity contribution in [1.29, 1.82) is 0 Å². The largest absolute Gasteiger partial charge is 0.493 e. The summed E-state index contributed by atoms with van der Waals surface area (Å²) in [5.41, 5.74) is -0.635. The minimum absolute atomic E-state index is 0.0241. The summed E-state index contributed by atoms with van der Waals surface area (Å²) in [5.74, 6) is -2.60. The van der Waals surface area contributed by atoms with E-state index in [1.54, 1.807) is 30.3 Å². The lowest BCUT2D eigenvalue weighted by atomic mass is 9.88. The van der Waals surface area contributed by atoms with Crippen molar-refractivity contribution in [1.82, 2.24) is 15.6 Å². The second kappa shape index (κ2) is 15.6. The number of nitrogens with two attached hydrogens (primary N) is 1. The number of methoxy groups -OCH3 is 1. The smallest absolute Gasteiger partial charge is 0.424 e. The van der Waals surface area contributed by atoms with Gasteiger partial charge in [0.1, 0.15) is 12.4 Å². The topological polar surface area (TPSA) is 162 Å². The van der Waals surface area contributed by atoms with Gasteiger partial charge in [0.15, 0.2) is 18.1 Å². The molecule has 4 rings (SSSR count). The van der Waals surface area contributed by atoms with Gasteiger partial charge in [-0.25, -0.2) is 14.2 Å². The summed E-state index contributed by atoms with van der Waals surface area (Å²) in [4.78, 5) is 41.0. The quantitative estimate of drug-likeness (QED) is 0.126. The molecule has 11 nitrogen and oxygen atoms in total. The first kappa shape index (κ1) is 38.4. The molecule has 1 atom stereocenters. The number of benzene rings is 3. The maximum atomic E-state index is 14.8. The number of amides is 3. The number of nitrogens with one attached hydrogen (secondary N) is 2. The minimum atomic E-state index is -5.42. The Morgan fingerprint density at radius 3 is 2.29 bits per heavy atom. The van der Waals surface area contributed by atoms with E-state index in [9.17, 15) is 37.1 Å². The number of hydrogen-bond donors (Lipinski definition) is 4. The molecule has 270 valence electrons. The summed E-state index contributed by atoms with van der Waals surface area (Å²) in [6.45, 7) is 0.961. The van der Waals surface area contributed by atoms with Gasteiger partial charge < -0.3 is 35.7 Å². The van der Waals surface area contributed by atoms with Crippen molar-refractivity contribution in [3.05, 3.63) is 112 Å². The van der Waals surface area contributed by atoms with Crippen molar-refractivity contribution >= 4 is 29.5 Å². The Hall–Kier alpha value is -5.41. The molecule has 0 aliphatic rings. The highest BCUT2D eigenvalue weighted by atomic mass is 35.5. The van der Waals surface area contributed by atoms with Gasteiger partial charge in [0, 0.05) is 11.1 Å². The fourth-order valence-electron chi connectivity index (χ4n) is 4.72. The number of aliphatic hydroxyl groups is 1. The monoisotopic (exact) mass is 732 g/mol. The molecule has 0 spiro atoms. The molecule has 51 heavy (non-hydrogen) atoms. The number of rotatable bonds is 13. The highest BCUT2D eigenvalue weighted by molar-refractivity contribution is 6.31. The van der Waals surface area contributed by atoms with Gasteiger partial charge in [-0.15, -0.1) is 0 Å². The summed E-state index contributed by atoms with van der Waals surface area (Å²) in [6, 6.07) is 18.0. The number of carbonyl (C=O) groups is 3. The SMILES string of the molecule is COc1cc(C(=O)NCC(O)(c2cc(C(C)(C)NC(=O)OCc3ccccc3)cc(-c3ccc(F)c(Cl)c3)n2)C(F)(F)F)ccc1OCC(N)=O. The molecule has 5 N–H and O–H groups in total. The average Bonchev–Trinajstić information content (AvgIpc) is 3.09. The van der Waals surface area contributed by atoms with Crippen LogP contribution in [0.15, 0.2) is 78.9 Å². The third kappa shape index (κ3) is 9.43. The van der Waals surface area contributed by atoms with Crippen LogP contribution in [0.3, 0.4) is 0 Å². The second-order valence-corrected chi connectivity index (χ2v) is 12.1. The normalized spacial score (nSPS) is 12.7. The number of pyridine rings is 1. The predicted molar refractivity (Wildman–Crippen MR) is 177 cm³/mol. The van der Waals surface area contributed by atoms with Gasteiger partial charge in [-0.1, -0.05) is 41.9 Å². The van der Waals surface area contributed by atoms with Gasteiger partial charge >= 0.3 is 12.3 Å². The molecule has 0 radical (unpaired) electrons. The number of alkyl halides is 3. The van der Waals surface area contributed by atoms with E-state index in [2.05, 4.69) is 15.6 Å². The Kier molecular flexibility index (Phi) is 11.8. The summed E-state index contributed by atoms with van der Waals surface area (Å²) < 4.78 is 74.2. The lowest BCUT2D eigenvalue weighted by Gasteiger charge is -2.33. The number of hydrogen-bond acceptors (Lipinski definition) is 8. The molecule has 0 fully saturated rings. The zero-order valence-electron chi connectivity index (χ0n) is 27.4. The van der Waals surface area contributed by atoms with Crippen molar-refractivity contribution < 1.29 is 51.3 Å². The van der Waals surface area contributed by atoms with E-state index in [4.69, 9.17) is 31.5 Å². The molecule has 0 saturated heterocycles. The van der Waals surface area contributed by atoms with Crippen LogP contribution in [0.25, 0.3) is 11.3 Å². The van der Waals surface area contributed by atoms with Crippen LogP contribution in [0.1, 0.15) is 41.0 Å². The Bertz CT molecular complexity index is 1910. The summed E-state index contributed by atoms with van der Waals surface area (Å²) in [7, 11) is 1.24. The molecule has 0 aliphatic carbocycles. The average molecular weight is 733 g/mol. The van der Waals surface area contributed by atoms with Crippen molar-refractivity contribution in [3.63, 3.8) is 0 Å². The molecule has 1 heterocycles. The summed E-state index contributed by atoms with van der Waals surface area (Å²) in [5, 5.41) is 15.7. The van der Waals surface area contributed by atoms with Crippen LogP contribution >= 0.6 is 11.6 Å². The van der Waals surface area contributed by atoms with Crippen LogP contribution in [0.5, 0.6) is 11.5 Å². The van der Waals surface area contributed by atoms with Gasteiger partial charge in [0.25, 0.3) is 11.8 Å². The Morgan fingerprint density at radius 1 is 0.961 bits per heavy atom. The maximum Gasteiger partial charge on any atom is 0.424 e. The lowest BCUT2D eigenvalue weighted by molar-refractivity contribution is -0.265. The number of alkyl carbamates (subject to hydrolysis) is 1. The molecular weight excluding hydrogens is 700 g/mol. The van der Waals surface area contributed by atoms with Crippen LogP contribution < -0.4 is 25.8 Å². The number of carbonyl (C=O) groups excluding carboxylic acids is 3. The Labute approximate surface area is 294 Å². The van der Waals surface area contributed by atoms with Crippen LogP contribution in [0.4, 0.5) is 22.4 Å². The molecule has 3 aromatic carbocycles. The molecule has 0 saturated carbocycles. The zero-order valence-corrected chi connectivity index (χ0v) is 28.2. The van der Waals surface area contributed by atoms with Crippen molar-refractivity contribution in [2.24, 2.45) is 5.73 Å². The summed E-state index contributed by atoms with van der Waals surface area (Å²) in [6.07, 6.45) is -6.31.